The second-order valence-electron chi connectivity index (χ2n) is 5.12. The van der Waals surface area contributed by atoms with E-state index in [4.69, 9.17) is 0 Å². The maximum Gasteiger partial charge on any atom is 0.140 e. The van der Waals surface area contributed by atoms with Crippen LogP contribution in [0.4, 0.5) is 0 Å². The molecule has 1 rings (SSSR count). The van der Waals surface area contributed by atoms with Crippen molar-refractivity contribution in [3.8, 4) is 0 Å². The molecular weight excluding hydrogens is 216 g/mol. The van der Waals surface area contributed by atoms with E-state index in [2.05, 4.69) is 36.2 Å². The summed E-state index contributed by atoms with van der Waals surface area (Å²) in [5.41, 5.74) is 0. The Kier molecular flexibility index (Phi) is 5.58. The van der Waals surface area contributed by atoms with Crippen LogP contribution in [0.2, 0.25) is 0 Å². The van der Waals surface area contributed by atoms with Gasteiger partial charge >= 0.3 is 0 Å². The van der Waals surface area contributed by atoms with Gasteiger partial charge in [0.15, 0.2) is 0 Å². The van der Waals surface area contributed by atoms with Gasteiger partial charge in [0.1, 0.15) is 12.2 Å². The highest BCUT2D eigenvalue weighted by Crippen LogP contribution is 2.02. The summed E-state index contributed by atoms with van der Waals surface area (Å²) in [6.45, 7) is 9.78. The van der Waals surface area contributed by atoms with Crippen LogP contribution in [0.5, 0.6) is 0 Å². The van der Waals surface area contributed by atoms with Crippen LogP contribution in [-0.2, 0) is 13.1 Å². The van der Waals surface area contributed by atoms with Crippen molar-refractivity contribution in [2.75, 3.05) is 0 Å². The summed E-state index contributed by atoms with van der Waals surface area (Å²) in [5.74, 6) is 1.52. The lowest BCUT2D eigenvalue weighted by Gasteiger charge is -2.15. The zero-order valence-corrected chi connectivity index (χ0v) is 11.2. The zero-order valence-electron chi connectivity index (χ0n) is 11.2. The molecule has 5 heteroatoms. The summed E-state index contributed by atoms with van der Waals surface area (Å²) in [4.78, 5) is 4.25. The molecule has 2 N–H and O–H groups in total. The van der Waals surface area contributed by atoms with Crippen LogP contribution in [0, 0.1) is 5.92 Å². The molecule has 2 atom stereocenters. The van der Waals surface area contributed by atoms with Gasteiger partial charge in [-0.1, -0.05) is 13.8 Å². The minimum atomic E-state index is -0.272. The predicted molar refractivity (Wildman–Crippen MR) is 67.5 cm³/mol. The van der Waals surface area contributed by atoms with Crippen LogP contribution < -0.4 is 5.32 Å². The van der Waals surface area contributed by atoms with Crippen molar-refractivity contribution in [3.63, 3.8) is 0 Å². The first-order valence-corrected chi connectivity index (χ1v) is 6.27. The average Bonchev–Trinajstić information content (AvgIpc) is 2.60. The van der Waals surface area contributed by atoms with Crippen molar-refractivity contribution in [2.24, 2.45) is 5.92 Å². The molecule has 0 saturated heterocycles. The van der Waals surface area contributed by atoms with Gasteiger partial charge in [0.25, 0.3) is 0 Å². The first-order chi connectivity index (χ1) is 7.99. The molecule has 1 aromatic heterocycles. The van der Waals surface area contributed by atoms with Gasteiger partial charge in [-0.05, 0) is 26.2 Å². The van der Waals surface area contributed by atoms with Crippen LogP contribution in [-0.4, -0.2) is 32.0 Å². The lowest BCUT2D eigenvalue weighted by molar-refractivity contribution is 0.170. The number of nitrogens with zero attached hydrogens (tertiary/aromatic N) is 3. The van der Waals surface area contributed by atoms with Crippen LogP contribution in [0.3, 0.4) is 0 Å². The summed E-state index contributed by atoms with van der Waals surface area (Å²) in [6, 6.07) is 0.277. The molecule has 5 nitrogen and oxygen atoms in total. The standard InChI is InChI=1S/C12H24N4O/c1-9(2)7-16-12(14-8-15-16)6-13-10(3)5-11(4)17/h8-11,13,17H,5-7H2,1-4H3. The van der Waals surface area contributed by atoms with Crippen molar-refractivity contribution in [1.29, 1.82) is 0 Å². The summed E-state index contributed by atoms with van der Waals surface area (Å²) < 4.78 is 1.94. The maximum absolute atomic E-state index is 9.28. The van der Waals surface area contributed by atoms with Gasteiger partial charge in [0.05, 0.1) is 12.6 Å². The molecule has 0 saturated carbocycles. The number of aliphatic hydroxyl groups excluding tert-OH is 1. The minimum Gasteiger partial charge on any atom is -0.393 e. The smallest absolute Gasteiger partial charge is 0.140 e. The van der Waals surface area contributed by atoms with Crippen LogP contribution in [0.15, 0.2) is 6.33 Å². The summed E-state index contributed by atoms with van der Waals surface area (Å²) in [6.07, 6.45) is 2.07. The Balaban J connectivity index is 2.43. The Bertz CT molecular complexity index is 322. The number of nitrogens with one attached hydrogen (secondary N) is 1. The van der Waals surface area contributed by atoms with Crippen LogP contribution in [0.25, 0.3) is 0 Å². The second kappa shape index (κ2) is 6.71. The van der Waals surface area contributed by atoms with Gasteiger partial charge in [-0.25, -0.2) is 9.67 Å². The van der Waals surface area contributed by atoms with Crippen LogP contribution in [0.1, 0.15) is 39.9 Å². The Labute approximate surface area is 103 Å². The van der Waals surface area contributed by atoms with E-state index in [1.807, 2.05) is 4.68 Å². The fourth-order valence-corrected chi connectivity index (χ4v) is 1.78. The SMILES string of the molecule is CC(C)Cn1ncnc1CNC(C)CC(C)O. The fourth-order valence-electron chi connectivity index (χ4n) is 1.78. The molecule has 0 amide bonds. The van der Waals surface area contributed by atoms with Crippen molar-refractivity contribution >= 4 is 0 Å². The third-order valence-corrected chi connectivity index (χ3v) is 2.54. The van der Waals surface area contributed by atoms with Crippen molar-refractivity contribution < 1.29 is 5.11 Å². The van der Waals surface area contributed by atoms with E-state index in [0.29, 0.717) is 12.5 Å². The van der Waals surface area contributed by atoms with Crippen molar-refractivity contribution in [3.05, 3.63) is 12.2 Å². The number of aromatic nitrogens is 3. The molecule has 1 heterocycles. The normalized spacial score (nSPS) is 15.2. The van der Waals surface area contributed by atoms with E-state index in [1.54, 1.807) is 13.3 Å². The van der Waals surface area contributed by atoms with Gasteiger partial charge < -0.3 is 10.4 Å². The van der Waals surface area contributed by atoms with E-state index in [1.165, 1.54) is 0 Å². The second-order valence-corrected chi connectivity index (χ2v) is 5.12. The molecule has 0 aromatic carbocycles. The van der Waals surface area contributed by atoms with Crippen molar-refractivity contribution in [2.45, 2.75) is 59.4 Å². The predicted octanol–water partition coefficient (Wildman–Crippen LogP) is 1.18. The first kappa shape index (κ1) is 14.1. The van der Waals surface area contributed by atoms with E-state index < -0.39 is 0 Å². The van der Waals surface area contributed by atoms with Gasteiger partial charge in [-0.3, -0.25) is 0 Å². The molecule has 17 heavy (non-hydrogen) atoms. The number of rotatable bonds is 7. The fraction of sp³-hybridized carbons (Fsp3) is 0.833. The van der Waals surface area contributed by atoms with Gasteiger partial charge in [0, 0.05) is 12.6 Å². The molecular formula is C12H24N4O. The van der Waals surface area contributed by atoms with Crippen LogP contribution >= 0.6 is 0 Å². The number of hydrogen-bond donors (Lipinski definition) is 2. The van der Waals surface area contributed by atoms with E-state index in [-0.39, 0.29) is 12.1 Å². The Hall–Kier alpha value is -0.940. The zero-order chi connectivity index (χ0) is 12.8. The van der Waals surface area contributed by atoms with E-state index in [9.17, 15) is 5.11 Å². The molecule has 0 bridgehead atoms. The largest absolute Gasteiger partial charge is 0.393 e. The molecule has 1 aromatic rings. The molecule has 0 aliphatic carbocycles. The molecule has 0 spiro atoms. The van der Waals surface area contributed by atoms with Gasteiger partial charge in [-0.2, -0.15) is 5.10 Å². The molecule has 0 radical (unpaired) electrons. The highest BCUT2D eigenvalue weighted by molar-refractivity contribution is 4.85. The third kappa shape index (κ3) is 5.28. The van der Waals surface area contributed by atoms with E-state index >= 15 is 0 Å². The number of aliphatic hydroxyl groups is 1. The highest BCUT2D eigenvalue weighted by atomic mass is 16.3. The number of hydrogen-bond acceptors (Lipinski definition) is 4. The molecule has 0 aliphatic heterocycles. The lowest BCUT2D eigenvalue weighted by Crippen LogP contribution is -2.30. The topological polar surface area (TPSA) is 63.0 Å². The summed E-state index contributed by atoms with van der Waals surface area (Å²) in [5, 5.41) is 16.8. The Morgan fingerprint density at radius 2 is 2.06 bits per heavy atom. The third-order valence-electron chi connectivity index (χ3n) is 2.54. The lowest BCUT2D eigenvalue weighted by atomic mass is 10.1. The Morgan fingerprint density at radius 3 is 2.65 bits per heavy atom. The highest BCUT2D eigenvalue weighted by Gasteiger charge is 2.09. The van der Waals surface area contributed by atoms with Crippen molar-refractivity contribution in [1.82, 2.24) is 20.1 Å². The quantitative estimate of drug-likeness (QED) is 0.751. The maximum atomic E-state index is 9.28. The molecule has 2 unspecified atom stereocenters. The van der Waals surface area contributed by atoms with Gasteiger partial charge in [0.2, 0.25) is 0 Å². The average molecular weight is 240 g/mol. The molecule has 0 aliphatic rings. The Morgan fingerprint density at radius 1 is 1.35 bits per heavy atom. The van der Waals surface area contributed by atoms with E-state index in [0.717, 1.165) is 18.8 Å². The minimum absolute atomic E-state index is 0.272. The summed E-state index contributed by atoms with van der Waals surface area (Å²) in [7, 11) is 0. The molecule has 98 valence electrons. The monoisotopic (exact) mass is 240 g/mol. The van der Waals surface area contributed by atoms with Gasteiger partial charge in [-0.15, -0.1) is 0 Å². The summed E-state index contributed by atoms with van der Waals surface area (Å²) >= 11 is 0. The molecule has 0 fully saturated rings. The first-order valence-electron chi connectivity index (χ1n) is 6.27.